The molecule has 2 fully saturated rings. The smallest absolute Gasteiger partial charge is 0.383 e. The minimum Gasteiger partial charge on any atom is -0.383 e. The van der Waals surface area contributed by atoms with Gasteiger partial charge in [-0.05, 0) is 61.6 Å². The van der Waals surface area contributed by atoms with Crippen molar-refractivity contribution >= 4 is 40.0 Å². The van der Waals surface area contributed by atoms with Crippen LogP contribution in [0, 0.1) is 17.8 Å². The van der Waals surface area contributed by atoms with E-state index in [1.807, 2.05) is 6.92 Å². The van der Waals surface area contributed by atoms with Crippen molar-refractivity contribution in [3.05, 3.63) is 27.9 Å². The molecule has 1 saturated heterocycles. The van der Waals surface area contributed by atoms with Crippen molar-refractivity contribution in [2.45, 2.75) is 57.3 Å². The number of hydrogen-bond donors (Lipinski definition) is 1. The summed E-state index contributed by atoms with van der Waals surface area (Å²) in [5.74, 6) is -1.27. The highest BCUT2D eigenvalue weighted by Gasteiger charge is 2.51. The van der Waals surface area contributed by atoms with Gasteiger partial charge in [0.05, 0.1) is 11.9 Å². The molecule has 0 spiro atoms. The monoisotopic (exact) mass is 491 g/mol. The molecule has 1 N–H and O–H groups in total. The Morgan fingerprint density at radius 2 is 1.97 bits per heavy atom. The molecule has 2 heterocycles. The van der Waals surface area contributed by atoms with Crippen LogP contribution < -0.4 is 0 Å². The van der Waals surface area contributed by atoms with Crippen LogP contribution >= 0.6 is 23.2 Å². The van der Waals surface area contributed by atoms with E-state index < -0.39 is 18.2 Å². The van der Waals surface area contributed by atoms with Gasteiger partial charge in [-0.25, -0.2) is 0 Å². The molecule has 1 aromatic heterocycles. The number of benzene rings is 1. The highest BCUT2D eigenvalue weighted by molar-refractivity contribution is 6.37. The fraction of sp³-hybridized carbons (Fsp3) is 0.636. The number of aromatic nitrogens is 2. The number of aliphatic hydroxyl groups is 1. The highest BCUT2D eigenvalue weighted by atomic mass is 35.5. The zero-order valence-electron chi connectivity index (χ0n) is 17.9. The van der Waals surface area contributed by atoms with Gasteiger partial charge in [-0.1, -0.05) is 29.6 Å². The number of nitrogens with zero attached hydrogens (tertiary/aromatic N) is 3. The molecule has 2 aromatic rings. The molecule has 1 amide bonds. The van der Waals surface area contributed by atoms with Gasteiger partial charge in [0.15, 0.2) is 11.3 Å². The average Bonchev–Trinajstić information content (AvgIpc) is 3.02. The van der Waals surface area contributed by atoms with Crippen LogP contribution in [0.3, 0.4) is 0 Å². The van der Waals surface area contributed by atoms with Crippen LogP contribution in [-0.2, 0) is 18.3 Å². The number of piperidine rings is 1. The predicted molar refractivity (Wildman–Crippen MR) is 117 cm³/mol. The number of hydrogen-bond acceptors (Lipinski definition) is 3. The van der Waals surface area contributed by atoms with E-state index in [-0.39, 0.29) is 35.4 Å². The number of aliphatic hydroxyl groups excluding tert-OH is 1. The van der Waals surface area contributed by atoms with Crippen LogP contribution in [0.5, 0.6) is 0 Å². The van der Waals surface area contributed by atoms with Gasteiger partial charge >= 0.3 is 6.18 Å². The molecule has 1 saturated carbocycles. The maximum atomic E-state index is 13.3. The Bertz CT molecular complexity index is 1030. The van der Waals surface area contributed by atoms with Gasteiger partial charge in [0.2, 0.25) is 5.91 Å². The largest absolute Gasteiger partial charge is 0.414 e. The second kappa shape index (κ2) is 8.69. The topological polar surface area (TPSA) is 58.4 Å². The maximum absolute atomic E-state index is 13.3. The summed E-state index contributed by atoms with van der Waals surface area (Å²) in [6.07, 6.45) is -4.72. The minimum absolute atomic E-state index is 0.0396. The van der Waals surface area contributed by atoms with E-state index in [0.29, 0.717) is 41.8 Å². The van der Waals surface area contributed by atoms with Crippen molar-refractivity contribution < 1.29 is 23.1 Å². The van der Waals surface area contributed by atoms with Crippen LogP contribution in [0.4, 0.5) is 13.2 Å². The fourth-order valence-corrected chi connectivity index (χ4v) is 6.39. The normalized spacial score (nSPS) is 27.4. The number of halogens is 5. The quantitative estimate of drug-likeness (QED) is 0.657. The van der Waals surface area contributed by atoms with Gasteiger partial charge in [0, 0.05) is 30.0 Å². The van der Waals surface area contributed by atoms with Crippen molar-refractivity contribution in [3.8, 4) is 0 Å². The van der Waals surface area contributed by atoms with E-state index in [1.54, 1.807) is 28.8 Å². The standard InChI is InChI=1S/C22H26Cl2F3N3O2/c1-11-12-4-3-5-14(20(32)22(25,26)27)13(12)8-9-30(11)18(31)10-15-16(23)6-7-17-19(15)21(24)28-29(17)2/h6-7,11-14,20,32H,3-5,8-10H2,1-2H3/t11-,12+,13+,14+,20?/m0/s1. The number of likely N-dealkylation sites (tertiary alicyclic amines) is 1. The Labute approximate surface area is 194 Å². The van der Waals surface area contributed by atoms with Crippen molar-refractivity contribution in [2.24, 2.45) is 24.8 Å². The first kappa shape index (κ1) is 23.6. The summed E-state index contributed by atoms with van der Waals surface area (Å²) in [7, 11) is 1.76. The van der Waals surface area contributed by atoms with E-state index >= 15 is 0 Å². The molecule has 2 aliphatic rings. The molecule has 1 aliphatic heterocycles. The van der Waals surface area contributed by atoms with Crippen molar-refractivity contribution in [1.82, 2.24) is 14.7 Å². The first-order valence-electron chi connectivity index (χ1n) is 10.8. The fourth-order valence-electron chi connectivity index (χ4n) is 5.84. The van der Waals surface area contributed by atoms with Crippen molar-refractivity contribution in [1.29, 1.82) is 0 Å². The number of carbonyl (C=O) groups is 1. The van der Waals surface area contributed by atoms with Gasteiger partial charge in [-0.3, -0.25) is 9.48 Å². The third-order valence-electron chi connectivity index (χ3n) is 7.41. The van der Waals surface area contributed by atoms with E-state index in [1.165, 1.54) is 0 Å². The van der Waals surface area contributed by atoms with E-state index in [9.17, 15) is 23.1 Å². The third kappa shape index (κ3) is 4.10. The van der Waals surface area contributed by atoms with Crippen LogP contribution in [0.1, 0.15) is 38.2 Å². The first-order chi connectivity index (χ1) is 15.0. The SMILES string of the molecule is C[C@H]1[C@H]2CCC[C@@H](C(O)C(F)(F)F)[C@@H]2CCN1C(=O)Cc1c(Cl)ccc2c1c(Cl)nn2C. The molecule has 1 aromatic carbocycles. The number of aryl methyl sites for hydroxylation is 1. The summed E-state index contributed by atoms with van der Waals surface area (Å²) in [6.45, 7) is 2.26. The summed E-state index contributed by atoms with van der Waals surface area (Å²) < 4.78 is 41.2. The molecule has 5 atom stereocenters. The average molecular weight is 492 g/mol. The summed E-state index contributed by atoms with van der Waals surface area (Å²) in [6, 6.07) is 3.30. The minimum atomic E-state index is -4.62. The van der Waals surface area contributed by atoms with Gasteiger partial charge in [-0.15, -0.1) is 0 Å². The van der Waals surface area contributed by atoms with Crippen molar-refractivity contribution in [2.75, 3.05) is 6.54 Å². The number of fused-ring (bicyclic) bond motifs is 2. The summed E-state index contributed by atoms with van der Waals surface area (Å²) >= 11 is 12.7. The second-order valence-electron chi connectivity index (χ2n) is 9.04. The second-order valence-corrected chi connectivity index (χ2v) is 9.80. The first-order valence-corrected chi connectivity index (χ1v) is 11.6. The van der Waals surface area contributed by atoms with Gasteiger partial charge in [0.25, 0.3) is 0 Å². The van der Waals surface area contributed by atoms with Crippen LogP contribution in [0.2, 0.25) is 10.2 Å². The number of amides is 1. The maximum Gasteiger partial charge on any atom is 0.414 e. The lowest BCUT2D eigenvalue weighted by Crippen LogP contribution is -2.55. The lowest BCUT2D eigenvalue weighted by molar-refractivity contribution is -0.233. The molecule has 0 bridgehead atoms. The third-order valence-corrected chi connectivity index (χ3v) is 8.02. The number of carbonyl (C=O) groups excluding carboxylic acids is 1. The van der Waals surface area contributed by atoms with Gasteiger partial charge in [-0.2, -0.15) is 18.3 Å². The summed E-state index contributed by atoms with van der Waals surface area (Å²) in [5, 5.41) is 15.5. The predicted octanol–water partition coefficient (Wildman–Crippen LogP) is 5.00. The molecule has 32 heavy (non-hydrogen) atoms. The Morgan fingerprint density at radius 3 is 2.66 bits per heavy atom. The Hall–Kier alpha value is -1.51. The number of rotatable bonds is 3. The van der Waals surface area contributed by atoms with Crippen LogP contribution in [0.15, 0.2) is 12.1 Å². The lowest BCUT2D eigenvalue weighted by Gasteiger charge is -2.50. The van der Waals surface area contributed by atoms with Crippen LogP contribution in [-0.4, -0.2) is 50.6 Å². The molecular formula is C22H26Cl2F3N3O2. The van der Waals surface area contributed by atoms with Crippen LogP contribution in [0.25, 0.3) is 10.9 Å². The summed E-state index contributed by atoms with van der Waals surface area (Å²) in [4.78, 5) is 15.1. The molecule has 10 heteroatoms. The van der Waals surface area contributed by atoms with Gasteiger partial charge < -0.3 is 10.0 Å². The van der Waals surface area contributed by atoms with E-state index in [0.717, 1.165) is 11.9 Å². The lowest BCUT2D eigenvalue weighted by atomic mass is 9.64. The molecule has 1 aliphatic carbocycles. The van der Waals surface area contributed by atoms with E-state index in [4.69, 9.17) is 23.2 Å². The molecule has 4 rings (SSSR count). The zero-order valence-corrected chi connectivity index (χ0v) is 19.4. The highest BCUT2D eigenvalue weighted by Crippen LogP contribution is 2.47. The molecular weight excluding hydrogens is 466 g/mol. The van der Waals surface area contributed by atoms with Gasteiger partial charge in [0.1, 0.15) is 0 Å². The molecule has 5 nitrogen and oxygen atoms in total. The number of alkyl halides is 3. The Balaban J connectivity index is 1.55. The van der Waals surface area contributed by atoms with E-state index in [2.05, 4.69) is 5.10 Å². The molecule has 176 valence electrons. The Morgan fingerprint density at radius 1 is 1.25 bits per heavy atom. The molecule has 1 unspecified atom stereocenters. The zero-order chi connectivity index (χ0) is 23.4. The molecule has 0 radical (unpaired) electrons. The summed E-state index contributed by atoms with van der Waals surface area (Å²) in [5.41, 5.74) is 1.38. The van der Waals surface area contributed by atoms with Crippen molar-refractivity contribution in [3.63, 3.8) is 0 Å². The Kier molecular flexibility index (Phi) is 6.42.